The molecular formula is C7H3F3INO. The molecule has 70 valence electrons. The van der Waals surface area contributed by atoms with Crippen LogP contribution in [-0.4, -0.2) is 11.3 Å². The van der Waals surface area contributed by atoms with Gasteiger partial charge in [-0.15, -0.1) is 0 Å². The highest BCUT2D eigenvalue weighted by Crippen LogP contribution is 2.26. The Bertz CT molecular complexity index is 343. The summed E-state index contributed by atoms with van der Waals surface area (Å²) in [5.74, 6) is -1.19. The van der Waals surface area contributed by atoms with Crippen LogP contribution in [0.4, 0.5) is 13.2 Å². The van der Waals surface area contributed by atoms with Gasteiger partial charge in [-0.25, -0.2) is 18.2 Å². The van der Waals surface area contributed by atoms with Crippen LogP contribution >= 0.6 is 22.6 Å². The van der Waals surface area contributed by atoms with Gasteiger partial charge in [-0.1, -0.05) is 0 Å². The van der Waals surface area contributed by atoms with E-state index in [0.717, 1.165) is 6.20 Å². The molecule has 2 nitrogen and oxygen atoms in total. The van der Waals surface area contributed by atoms with E-state index < -0.39 is 23.4 Å². The Balaban J connectivity index is 3.38. The molecule has 0 aliphatic rings. The second-order valence-corrected chi connectivity index (χ2v) is 3.17. The van der Waals surface area contributed by atoms with Crippen LogP contribution in [0.1, 0.15) is 22.3 Å². The van der Waals surface area contributed by atoms with Gasteiger partial charge in [0.05, 0.1) is 11.1 Å². The predicted molar refractivity (Wildman–Crippen MR) is 47.3 cm³/mol. The molecule has 0 aliphatic carbocycles. The number of halogens is 4. The molecule has 13 heavy (non-hydrogen) atoms. The van der Waals surface area contributed by atoms with Crippen LogP contribution in [0.25, 0.3) is 0 Å². The van der Waals surface area contributed by atoms with Crippen molar-refractivity contribution in [3.8, 4) is 0 Å². The van der Waals surface area contributed by atoms with Crippen molar-refractivity contribution in [1.82, 2.24) is 4.98 Å². The number of aromatic nitrogens is 1. The molecule has 1 aromatic heterocycles. The smallest absolute Gasteiger partial charge is 0.269 e. The maximum Gasteiger partial charge on any atom is 0.269 e. The maximum atomic E-state index is 13.0. The second kappa shape index (κ2) is 4.03. The number of hydrogen-bond donors (Lipinski definition) is 0. The summed E-state index contributed by atoms with van der Waals surface area (Å²) in [5, 5.41) is 0. The van der Waals surface area contributed by atoms with Crippen LogP contribution in [0.3, 0.4) is 0 Å². The Labute approximate surface area is 85.3 Å². The zero-order chi connectivity index (χ0) is 10.0. The fourth-order valence-corrected chi connectivity index (χ4v) is 1.38. The molecule has 0 amide bonds. The van der Waals surface area contributed by atoms with Crippen LogP contribution in [0, 0.1) is 9.52 Å². The highest BCUT2D eigenvalue weighted by molar-refractivity contribution is 14.1. The number of nitrogens with zero attached hydrogens (tertiary/aromatic N) is 1. The zero-order valence-corrected chi connectivity index (χ0v) is 8.26. The Hall–Kier alpha value is -0.660. The lowest BCUT2D eigenvalue weighted by Gasteiger charge is -2.04. The molecule has 6 heteroatoms. The van der Waals surface area contributed by atoms with E-state index in [2.05, 4.69) is 4.98 Å². The fourth-order valence-electron chi connectivity index (χ4n) is 0.766. The van der Waals surface area contributed by atoms with E-state index in [4.69, 9.17) is 0 Å². The quantitative estimate of drug-likeness (QED) is 0.477. The van der Waals surface area contributed by atoms with Gasteiger partial charge in [0.15, 0.2) is 6.29 Å². The standard InChI is InChI=1S/C7H3F3INO/c8-5-3(2-13)1-12-7(11)4(5)6(9)10/h1-2,6H. The summed E-state index contributed by atoms with van der Waals surface area (Å²) in [5.41, 5.74) is -1.26. The van der Waals surface area contributed by atoms with Gasteiger partial charge in [-0.3, -0.25) is 4.79 Å². The highest BCUT2D eigenvalue weighted by atomic mass is 127. The number of carbonyl (C=O) groups excluding carboxylic acids is 1. The van der Waals surface area contributed by atoms with Crippen LogP contribution in [0.2, 0.25) is 0 Å². The number of pyridine rings is 1. The van der Waals surface area contributed by atoms with Gasteiger partial charge < -0.3 is 0 Å². The van der Waals surface area contributed by atoms with Crippen molar-refractivity contribution in [1.29, 1.82) is 0 Å². The number of carbonyl (C=O) groups is 1. The van der Waals surface area contributed by atoms with Gasteiger partial charge in [-0.05, 0) is 22.6 Å². The minimum Gasteiger partial charge on any atom is -0.298 e. The third kappa shape index (κ3) is 1.98. The zero-order valence-electron chi connectivity index (χ0n) is 6.10. The lowest BCUT2D eigenvalue weighted by molar-refractivity contribution is 0.111. The molecule has 0 fully saturated rings. The van der Waals surface area contributed by atoms with E-state index in [0.29, 0.717) is 0 Å². The number of rotatable bonds is 2. The molecule has 0 saturated carbocycles. The molecule has 1 heterocycles. The molecular weight excluding hydrogens is 298 g/mol. The molecule has 0 radical (unpaired) electrons. The van der Waals surface area contributed by atoms with E-state index in [9.17, 15) is 18.0 Å². The maximum absolute atomic E-state index is 13.0. The lowest BCUT2D eigenvalue weighted by atomic mass is 10.2. The van der Waals surface area contributed by atoms with Crippen molar-refractivity contribution in [2.24, 2.45) is 0 Å². The average molecular weight is 301 g/mol. The first-order valence-corrected chi connectivity index (χ1v) is 4.23. The third-order valence-electron chi connectivity index (χ3n) is 1.37. The normalized spacial score (nSPS) is 10.5. The van der Waals surface area contributed by atoms with Gasteiger partial charge in [0.25, 0.3) is 6.43 Å². The van der Waals surface area contributed by atoms with Gasteiger partial charge in [0.1, 0.15) is 9.52 Å². The van der Waals surface area contributed by atoms with Gasteiger partial charge in [0.2, 0.25) is 0 Å². The minimum atomic E-state index is -2.96. The average Bonchev–Trinajstić information content (AvgIpc) is 2.04. The van der Waals surface area contributed by atoms with E-state index in [1.807, 2.05) is 0 Å². The Kier molecular flexibility index (Phi) is 3.23. The van der Waals surface area contributed by atoms with Crippen molar-refractivity contribution in [2.75, 3.05) is 0 Å². The van der Waals surface area contributed by atoms with E-state index in [1.54, 1.807) is 0 Å². The van der Waals surface area contributed by atoms with Crippen LogP contribution < -0.4 is 0 Å². The molecule has 0 aliphatic heterocycles. The Morgan fingerprint density at radius 1 is 1.54 bits per heavy atom. The van der Waals surface area contributed by atoms with E-state index in [1.165, 1.54) is 22.6 Å². The summed E-state index contributed by atoms with van der Waals surface area (Å²) < 4.78 is 37.3. The third-order valence-corrected chi connectivity index (χ3v) is 2.23. The summed E-state index contributed by atoms with van der Waals surface area (Å²) in [6.07, 6.45) is -1.88. The first-order chi connectivity index (χ1) is 6.07. The summed E-state index contributed by atoms with van der Waals surface area (Å²) in [4.78, 5) is 13.7. The van der Waals surface area contributed by atoms with E-state index >= 15 is 0 Å². The highest BCUT2D eigenvalue weighted by Gasteiger charge is 2.20. The van der Waals surface area contributed by atoms with Gasteiger partial charge in [0, 0.05) is 6.20 Å². The number of aldehydes is 1. The summed E-state index contributed by atoms with van der Waals surface area (Å²) in [6.45, 7) is 0. The molecule has 0 N–H and O–H groups in total. The van der Waals surface area contributed by atoms with Crippen molar-refractivity contribution < 1.29 is 18.0 Å². The predicted octanol–water partition coefficient (Wildman–Crippen LogP) is 2.58. The summed E-state index contributed by atoms with van der Waals surface area (Å²) in [7, 11) is 0. The Morgan fingerprint density at radius 2 is 2.15 bits per heavy atom. The molecule has 0 unspecified atom stereocenters. The molecule has 0 bridgehead atoms. The molecule has 0 spiro atoms. The van der Waals surface area contributed by atoms with E-state index in [-0.39, 0.29) is 9.99 Å². The Morgan fingerprint density at radius 3 is 2.62 bits per heavy atom. The SMILES string of the molecule is O=Cc1cnc(I)c(C(F)F)c1F. The molecule has 0 aromatic carbocycles. The number of hydrogen-bond acceptors (Lipinski definition) is 2. The second-order valence-electron chi connectivity index (χ2n) is 2.15. The molecule has 0 saturated heterocycles. The summed E-state index contributed by atoms with van der Waals surface area (Å²) >= 11 is 1.49. The topological polar surface area (TPSA) is 30.0 Å². The minimum absolute atomic E-state index is 0.129. The molecule has 1 aromatic rings. The largest absolute Gasteiger partial charge is 0.298 e. The molecule has 1 rings (SSSR count). The molecule has 0 atom stereocenters. The van der Waals surface area contributed by atoms with Crippen LogP contribution in [-0.2, 0) is 0 Å². The van der Waals surface area contributed by atoms with Gasteiger partial charge in [-0.2, -0.15) is 0 Å². The van der Waals surface area contributed by atoms with Crippen molar-refractivity contribution in [2.45, 2.75) is 6.43 Å². The lowest BCUT2D eigenvalue weighted by Crippen LogP contribution is -2.02. The summed E-state index contributed by atoms with van der Waals surface area (Å²) in [6, 6.07) is 0. The van der Waals surface area contributed by atoms with Crippen LogP contribution in [0.5, 0.6) is 0 Å². The van der Waals surface area contributed by atoms with Crippen LogP contribution in [0.15, 0.2) is 6.20 Å². The first-order valence-electron chi connectivity index (χ1n) is 3.15. The van der Waals surface area contributed by atoms with Crippen molar-refractivity contribution in [3.05, 3.63) is 26.8 Å². The van der Waals surface area contributed by atoms with Crippen molar-refractivity contribution >= 4 is 28.9 Å². The number of alkyl halides is 2. The first kappa shape index (κ1) is 10.4. The van der Waals surface area contributed by atoms with Crippen molar-refractivity contribution in [3.63, 3.8) is 0 Å². The van der Waals surface area contributed by atoms with Gasteiger partial charge >= 0.3 is 0 Å². The monoisotopic (exact) mass is 301 g/mol. The fraction of sp³-hybridized carbons (Fsp3) is 0.143.